The molecule has 0 unspecified atom stereocenters. The van der Waals surface area contributed by atoms with Crippen molar-refractivity contribution in [3.8, 4) is 0 Å². The van der Waals surface area contributed by atoms with Gasteiger partial charge in [0.15, 0.2) is 5.96 Å². The highest BCUT2D eigenvalue weighted by Crippen LogP contribution is 2.24. The van der Waals surface area contributed by atoms with Crippen molar-refractivity contribution >= 4 is 41.3 Å². The van der Waals surface area contributed by atoms with Crippen LogP contribution in [0, 0.1) is 0 Å². The van der Waals surface area contributed by atoms with Crippen LogP contribution in [0.5, 0.6) is 0 Å². The molecule has 0 radical (unpaired) electrons. The predicted molar refractivity (Wildman–Crippen MR) is 126 cm³/mol. The fourth-order valence-corrected chi connectivity index (χ4v) is 2.97. The summed E-state index contributed by atoms with van der Waals surface area (Å²) in [6.07, 6.45) is 2.27. The Balaban J connectivity index is 0.00000676. The molecule has 1 rings (SSSR count). The van der Waals surface area contributed by atoms with Crippen molar-refractivity contribution in [3.63, 3.8) is 0 Å². The van der Waals surface area contributed by atoms with E-state index in [2.05, 4.69) is 60.6 Å². The molecule has 0 atom stereocenters. The molecule has 2 N–H and O–H groups in total. The van der Waals surface area contributed by atoms with Gasteiger partial charge in [0, 0.05) is 30.5 Å². The van der Waals surface area contributed by atoms with Gasteiger partial charge in [0.05, 0.1) is 32.1 Å². The first-order valence-corrected chi connectivity index (χ1v) is 10.5. The Bertz CT molecular complexity index is 518. The fourth-order valence-electron chi connectivity index (χ4n) is 2.03. The summed E-state index contributed by atoms with van der Waals surface area (Å²) in [4.78, 5) is 9.29. The van der Waals surface area contributed by atoms with E-state index in [1.165, 1.54) is 0 Å². The number of ether oxygens (including phenoxy) is 2. The van der Waals surface area contributed by atoms with Crippen LogP contribution in [-0.2, 0) is 21.4 Å². The van der Waals surface area contributed by atoms with E-state index in [1.807, 2.05) is 0 Å². The summed E-state index contributed by atoms with van der Waals surface area (Å²) >= 11 is 1.67. The summed E-state index contributed by atoms with van der Waals surface area (Å²) in [7, 11) is 0. The topological polar surface area (TPSA) is 67.8 Å². The number of aliphatic imine (C=N–C) groups is 1. The standard InChI is InChI=1S/C19H36N4O2S.HI/c1-6-8-10-24-12-13-25-11-9-21-18(20-7-2)22-14-17-23-16(15-26-17)19(3,4)5;/h15H,6-14H2,1-5H3,(H2,20,21,22);1H. The van der Waals surface area contributed by atoms with Crippen LogP contribution in [0.15, 0.2) is 10.4 Å². The van der Waals surface area contributed by atoms with Gasteiger partial charge >= 0.3 is 0 Å². The summed E-state index contributed by atoms with van der Waals surface area (Å²) in [5, 5.41) is 9.70. The largest absolute Gasteiger partial charge is 0.379 e. The van der Waals surface area contributed by atoms with Crippen LogP contribution in [-0.4, -0.2) is 50.5 Å². The van der Waals surface area contributed by atoms with E-state index in [1.54, 1.807) is 11.3 Å². The average Bonchev–Trinajstić information content (AvgIpc) is 3.07. The van der Waals surface area contributed by atoms with Gasteiger partial charge in [-0.15, -0.1) is 35.3 Å². The van der Waals surface area contributed by atoms with E-state index in [-0.39, 0.29) is 29.4 Å². The molecule has 0 fully saturated rings. The molecule has 27 heavy (non-hydrogen) atoms. The second kappa shape index (κ2) is 15.5. The summed E-state index contributed by atoms with van der Waals surface area (Å²) < 4.78 is 11.0. The lowest BCUT2D eigenvalue weighted by Gasteiger charge is -2.14. The molecule has 0 saturated carbocycles. The van der Waals surface area contributed by atoms with Crippen LogP contribution in [0.4, 0.5) is 0 Å². The van der Waals surface area contributed by atoms with E-state index < -0.39 is 0 Å². The van der Waals surface area contributed by atoms with Gasteiger partial charge in [-0.05, 0) is 13.3 Å². The quantitative estimate of drug-likeness (QED) is 0.192. The molecule has 1 heterocycles. The number of thiazole rings is 1. The molecule has 158 valence electrons. The molecule has 0 bridgehead atoms. The number of aromatic nitrogens is 1. The normalized spacial score (nSPS) is 12.0. The number of hydrogen-bond acceptors (Lipinski definition) is 5. The summed E-state index contributed by atoms with van der Waals surface area (Å²) in [5.41, 5.74) is 1.21. The minimum Gasteiger partial charge on any atom is -0.379 e. The minimum atomic E-state index is 0. The fraction of sp³-hybridized carbons (Fsp3) is 0.789. The first-order valence-electron chi connectivity index (χ1n) is 9.60. The lowest BCUT2D eigenvalue weighted by Crippen LogP contribution is -2.39. The van der Waals surface area contributed by atoms with Gasteiger partial charge in [0.1, 0.15) is 5.01 Å². The first kappa shape index (κ1) is 26.6. The van der Waals surface area contributed by atoms with Crippen molar-refractivity contribution in [1.82, 2.24) is 15.6 Å². The molecule has 0 amide bonds. The Kier molecular flexibility index (Phi) is 15.2. The van der Waals surface area contributed by atoms with Gasteiger partial charge < -0.3 is 20.1 Å². The highest BCUT2D eigenvalue weighted by molar-refractivity contribution is 14.0. The maximum atomic E-state index is 5.57. The van der Waals surface area contributed by atoms with Crippen molar-refractivity contribution in [2.24, 2.45) is 4.99 Å². The van der Waals surface area contributed by atoms with Crippen molar-refractivity contribution in [1.29, 1.82) is 0 Å². The van der Waals surface area contributed by atoms with Crippen LogP contribution in [0.25, 0.3) is 0 Å². The number of guanidine groups is 1. The zero-order chi connectivity index (χ0) is 19.3. The predicted octanol–water partition coefficient (Wildman–Crippen LogP) is 3.95. The molecule has 1 aromatic heterocycles. The van der Waals surface area contributed by atoms with Crippen molar-refractivity contribution in [2.45, 2.75) is 59.4 Å². The Labute approximate surface area is 185 Å². The number of unbranched alkanes of at least 4 members (excludes halogenated alkanes) is 1. The van der Waals surface area contributed by atoms with Crippen molar-refractivity contribution in [2.75, 3.05) is 39.5 Å². The number of rotatable bonds is 12. The second-order valence-corrected chi connectivity index (χ2v) is 8.02. The molecular formula is C19H37IN4O2S. The average molecular weight is 513 g/mol. The van der Waals surface area contributed by atoms with Gasteiger partial charge in [0.2, 0.25) is 0 Å². The zero-order valence-corrected chi connectivity index (χ0v) is 20.6. The molecule has 0 aromatic carbocycles. The summed E-state index contributed by atoms with van der Waals surface area (Å²) in [6, 6.07) is 0. The van der Waals surface area contributed by atoms with E-state index in [0.29, 0.717) is 32.9 Å². The van der Waals surface area contributed by atoms with Crippen molar-refractivity contribution in [3.05, 3.63) is 16.1 Å². The van der Waals surface area contributed by atoms with Crippen molar-refractivity contribution < 1.29 is 9.47 Å². The Morgan fingerprint density at radius 1 is 1.11 bits per heavy atom. The number of hydrogen-bond donors (Lipinski definition) is 2. The number of nitrogens with zero attached hydrogens (tertiary/aromatic N) is 2. The number of halogens is 1. The summed E-state index contributed by atoms with van der Waals surface area (Å²) in [6.45, 7) is 15.6. The van der Waals surface area contributed by atoms with Gasteiger partial charge in [-0.3, -0.25) is 0 Å². The van der Waals surface area contributed by atoms with Gasteiger partial charge in [-0.2, -0.15) is 0 Å². The molecule has 8 heteroatoms. The third-order valence-electron chi connectivity index (χ3n) is 3.59. The molecule has 0 aliphatic heterocycles. The van der Waals surface area contributed by atoms with Crippen LogP contribution in [0.1, 0.15) is 58.2 Å². The highest BCUT2D eigenvalue weighted by atomic mass is 127. The lowest BCUT2D eigenvalue weighted by atomic mass is 9.93. The Morgan fingerprint density at radius 3 is 2.41 bits per heavy atom. The Morgan fingerprint density at radius 2 is 1.81 bits per heavy atom. The molecule has 0 aliphatic carbocycles. The maximum absolute atomic E-state index is 5.57. The monoisotopic (exact) mass is 512 g/mol. The van der Waals surface area contributed by atoms with E-state index in [4.69, 9.17) is 9.47 Å². The molecule has 0 saturated heterocycles. The van der Waals surface area contributed by atoms with Gasteiger partial charge in [0.25, 0.3) is 0 Å². The van der Waals surface area contributed by atoms with E-state index in [0.717, 1.165) is 42.7 Å². The SMILES string of the molecule is CCCCOCCOCCNC(=NCc1nc(C(C)(C)C)cs1)NCC.I. The molecule has 1 aromatic rings. The second-order valence-electron chi connectivity index (χ2n) is 7.08. The van der Waals surface area contributed by atoms with Gasteiger partial charge in [-0.25, -0.2) is 9.98 Å². The number of nitrogens with one attached hydrogen (secondary N) is 2. The minimum absolute atomic E-state index is 0. The van der Waals surface area contributed by atoms with E-state index in [9.17, 15) is 0 Å². The van der Waals surface area contributed by atoms with Crippen LogP contribution in [0.3, 0.4) is 0 Å². The smallest absolute Gasteiger partial charge is 0.191 e. The zero-order valence-electron chi connectivity index (χ0n) is 17.5. The molecular weight excluding hydrogens is 475 g/mol. The maximum Gasteiger partial charge on any atom is 0.191 e. The third-order valence-corrected chi connectivity index (χ3v) is 4.42. The molecule has 0 aliphatic rings. The molecule has 6 nitrogen and oxygen atoms in total. The van der Waals surface area contributed by atoms with E-state index >= 15 is 0 Å². The third kappa shape index (κ3) is 12.6. The summed E-state index contributed by atoms with van der Waals surface area (Å²) in [5.74, 6) is 0.794. The van der Waals surface area contributed by atoms with Crippen LogP contribution in [0.2, 0.25) is 0 Å². The van der Waals surface area contributed by atoms with Gasteiger partial charge in [-0.1, -0.05) is 34.1 Å². The Hall–Kier alpha value is -0.450. The van der Waals surface area contributed by atoms with Crippen LogP contribution >= 0.6 is 35.3 Å². The molecule has 0 spiro atoms. The lowest BCUT2D eigenvalue weighted by molar-refractivity contribution is 0.0487. The highest BCUT2D eigenvalue weighted by Gasteiger charge is 2.17. The first-order chi connectivity index (χ1) is 12.5. The van der Waals surface area contributed by atoms with Crippen LogP contribution < -0.4 is 10.6 Å².